The lowest BCUT2D eigenvalue weighted by molar-refractivity contribution is -0.142. The molecule has 4 nitrogen and oxygen atoms in total. The molecule has 0 spiro atoms. The number of hydrogen-bond acceptors (Lipinski definition) is 4. The van der Waals surface area contributed by atoms with Crippen LogP contribution in [0.1, 0.15) is 0 Å². The maximum Gasteiger partial charge on any atom is 0.406 e. The quantitative estimate of drug-likeness (QED) is 0.459. The van der Waals surface area contributed by atoms with E-state index < -0.39 is 21.5 Å². The van der Waals surface area contributed by atoms with Gasteiger partial charge in [0.25, 0.3) is 0 Å². The van der Waals surface area contributed by atoms with E-state index in [1.807, 2.05) is 0 Å². The Kier molecular flexibility index (Phi) is 3.76. The summed E-state index contributed by atoms with van der Waals surface area (Å²) in [7, 11) is 2.34. The summed E-state index contributed by atoms with van der Waals surface area (Å²) in [5.41, 5.74) is 0. The Morgan fingerprint density at radius 2 is 1.89 bits per heavy atom. The monoisotopic (exact) mass is 190 g/mol. The van der Waals surface area contributed by atoms with Crippen molar-refractivity contribution in [3.8, 4) is 0 Å². The third kappa shape index (κ3) is 4.38. The zero-order valence-electron chi connectivity index (χ0n) is 3.80. The van der Waals surface area contributed by atoms with Gasteiger partial charge in [-0.3, -0.25) is 4.79 Å². The van der Waals surface area contributed by atoms with Gasteiger partial charge < -0.3 is 4.18 Å². The van der Waals surface area contributed by atoms with Crippen LogP contribution in [0.3, 0.4) is 0 Å². The van der Waals surface area contributed by atoms with Crippen molar-refractivity contribution in [2.24, 2.45) is 0 Å². The fraction of sp³-hybridized carbons (Fsp3) is 0. The van der Waals surface area contributed by atoms with Gasteiger partial charge >= 0.3 is 21.5 Å². The van der Waals surface area contributed by atoms with Crippen LogP contribution in [0.4, 0.5) is 0 Å². The molecule has 0 radical (unpaired) electrons. The minimum atomic E-state index is -2.30. The summed E-state index contributed by atoms with van der Waals surface area (Å²) in [4.78, 5) is 19.7. The zero-order chi connectivity index (χ0) is 7.44. The van der Waals surface area contributed by atoms with E-state index in [2.05, 4.69) is 26.5 Å². The first-order valence-electron chi connectivity index (χ1n) is 1.54. The molecule has 52 valence electrons. The average Bonchev–Trinajstić information content (AvgIpc) is 1.63. The second-order valence-electron chi connectivity index (χ2n) is 0.839. The third-order valence-electron chi connectivity index (χ3n) is 0.302. The van der Waals surface area contributed by atoms with E-state index in [0.29, 0.717) is 0 Å². The molecular weight excluding hydrogens is 191 g/mol. The zero-order valence-corrected chi connectivity index (χ0v) is 6.13. The molecule has 0 aromatic rings. The summed E-state index contributed by atoms with van der Waals surface area (Å²) in [5, 5.41) is -1.36. The molecule has 7 heteroatoms. The Morgan fingerprint density at radius 1 is 1.44 bits per heavy atom. The SMILES string of the molecule is O=C(Cl)C(=O)OS(=O)Cl. The molecule has 0 aromatic heterocycles. The van der Waals surface area contributed by atoms with E-state index in [1.54, 1.807) is 0 Å². The fourth-order valence-corrected chi connectivity index (χ4v) is 0.543. The highest BCUT2D eigenvalue weighted by Crippen LogP contribution is 1.94. The van der Waals surface area contributed by atoms with Crippen LogP contribution in [0.2, 0.25) is 0 Å². The first-order valence-corrected chi connectivity index (χ1v) is 3.82. The predicted octanol–water partition coefficient (Wildman–Crippen LogP) is 0.113. The average molecular weight is 191 g/mol. The standard InChI is InChI=1S/C2Cl2O4S/c3-1(5)2(6)8-9(4)7. The summed E-state index contributed by atoms with van der Waals surface area (Å²) < 4.78 is 13.4. The number of halogens is 2. The fourth-order valence-electron chi connectivity index (χ4n) is 0.0923. The molecule has 0 saturated heterocycles. The van der Waals surface area contributed by atoms with Gasteiger partial charge in [0.15, 0.2) is 0 Å². The summed E-state index contributed by atoms with van der Waals surface area (Å²) in [6.07, 6.45) is 0. The van der Waals surface area contributed by atoms with Crippen LogP contribution in [-0.4, -0.2) is 15.4 Å². The van der Waals surface area contributed by atoms with E-state index in [4.69, 9.17) is 0 Å². The Morgan fingerprint density at radius 3 is 2.00 bits per heavy atom. The first kappa shape index (κ1) is 8.87. The van der Waals surface area contributed by atoms with E-state index in [9.17, 15) is 13.8 Å². The predicted molar refractivity (Wildman–Crippen MR) is 30.9 cm³/mol. The molecule has 1 atom stereocenters. The van der Waals surface area contributed by atoms with Crippen molar-refractivity contribution >= 4 is 43.8 Å². The van der Waals surface area contributed by atoms with E-state index in [0.717, 1.165) is 0 Å². The van der Waals surface area contributed by atoms with Gasteiger partial charge in [0.2, 0.25) is 0 Å². The Bertz CT molecular complexity index is 166. The molecule has 1 unspecified atom stereocenters. The molecule has 0 bridgehead atoms. The largest absolute Gasteiger partial charge is 0.406 e. The molecule has 0 N–H and O–H groups in total. The summed E-state index contributed by atoms with van der Waals surface area (Å²) in [5.74, 6) is -1.43. The molecule has 0 heterocycles. The van der Waals surface area contributed by atoms with Gasteiger partial charge in [-0.15, -0.1) is 0 Å². The smallest absolute Gasteiger partial charge is 0.345 e. The molecule has 0 aliphatic carbocycles. The minimum Gasteiger partial charge on any atom is -0.345 e. The molecule has 9 heavy (non-hydrogen) atoms. The molecule has 0 saturated carbocycles. The van der Waals surface area contributed by atoms with Gasteiger partial charge in [0, 0.05) is 10.7 Å². The molecule has 0 aliphatic rings. The highest BCUT2D eigenvalue weighted by Gasteiger charge is 2.13. The van der Waals surface area contributed by atoms with Gasteiger partial charge in [0.1, 0.15) is 0 Å². The lowest BCUT2D eigenvalue weighted by Gasteiger charge is -1.88. The molecule has 0 fully saturated rings. The van der Waals surface area contributed by atoms with E-state index in [1.165, 1.54) is 0 Å². The minimum absolute atomic E-state index is 1.36. The number of carbonyl (C=O) groups is 2. The molecule has 0 aromatic carbocycles. The highest BCUT2D eigenvalue weighted by atomic mass is 35.7. The Balaban J connectivity index is 3.79. The van der Waals surface area contributed by atoms with Crippen molar-refractivity contribution in [1.29, 1.82) is 0 Å². The van der Waals surface area contributed by atoms with Gasteiger partial charge in [-0.1, -0.05) is 0 Å². The van der Waals surface area contributed by atoms with Crippen molar-refractivity contribution < 1.29 is 18.0 Å². The van der Waals surface area contributed by atoms with Crippen LogP contribution in [-0.2, 0) is 24.1 Å². The molecule has 0 rings (SSSR count). The van der Waals surface area contributed by atoms with Crippen LogP contribution < -0.4 is 0 Å². The number of carbonyl (C=O) groups excluding carboxylic acids is 2. The van der Waals surface area contributed by atoms with E-state index in [-0.39, 0.29) is 0 Å². The van der Waals surface area contributed by atoms with Gasteiger partial charge in [0.05, 0.1) is 0 Å². The van der Waals surface area contributed by atoms with Crippen LogP contribution in [0.5, 0.6) is 0 Å². The van der Waals surface area contributed by atoms with E-state index >= 15 is 0 Å². The summed E-state index contributed by atoms with van der Waals surface area (Å²) in [6, 6.07) is 0. The first-order chi connectivity index (χ1) is 4.04. The topological polar surface area (TPSA) is 60.4 Å². The maximum atomic E-state index is 9.97. The van der Waals surface area contributed by atoms with Crippen molar-refractivity contribution in [3.05, 3.63) is 0 Å². The van der Waals surface area contributed by atoms with Crippen LogP contribution in [0.15, 0.2) is 0 Å². The summed E-state index contributed by atoms with van der Waals surface area (Å²) >= 11 is 4.57. The van der Waals surface area contributed by atoms with Crippen molar-refractivity contribution in [2.75, 3.05) is 0 Å². The van der Waals surface area contributed by atoms with Crippen LogP contribution in [0.25, 0.3) is 0 Å². The lowest BCUT2D eigenvalue weighted by atomic mass is 10.8. The number of rotatable bonds is 2. The number of hydrogen-bond donors (Lipinski definition) is 0. The van der Waals surface area contributed by atoms with Gasteiger partial charge in [-0.25, -0.2) is 4.79 Å². The molecular formula is C2Cl2O4S. The molecule has 0 aliphatic heterocycles. The van der Waals surface area contributed by atoms with Gasteiger partial charge in [-0.2, -0.15) is 4.21 Å². The lowest BCUT2D eigenvalue weighted by Crippen LogP contribution is -2.10. The summed E-state index contributed by atoms with van der Waals surface area (Å²) in [6.45, 7) is 0. The second kappa shape index (κ2) is 3.81. The van der Waals surface area contributed by atoms with Crippen LogP contribution >= 0.6 is 22.3 Å². The van der Waals surface area contributed by atoms with Gasteiger partial charge in [-0.05, 0) is 11.6 Å². The molecule has 0 amide bonds. The Hall–Kier alpha value is -0.130. The van der Waals surface area contributed by atoms with Crippen LogP contribution in [0, 0.1) is 0 Å². The highest BCUT2D eigenvalue weighted by molar-refractivity contribution is 8.04. The maximum absolute atomic E-state index is 9.97. The van der Waals surface area contributed by atoms with Crippen molar-refractivity contribution in [1.82, 2.24) is 0 Å². The Labute approximate surface area is 62.2 Å². The van der Waals surface area contributed by atoms with Crippen molar-refractivity contribution in [3.63, 3.8) is 0 Å². The normalized spacial score (nSPS) is 12.2. The third-order valence-corrected chi connectivity index (χ3v) is 0.927. The second-order valence-corrected chi connectivity index (χ2v) is 2.49. The van der Waals surface area contributed by atoms with Crippen molar-refractivity contribution in [2.45, 2.75) is 0 Å².